The van der Waals surface area contributed by atoms with Crippen molar-refractivity contribution in [2.45, 2.75) is 18.3 Å². The van der Waals surface area contributed by atoms with Crippen LogP contribution in [0.5, 0.6) is 0 Å². The lowest BCUT2D eigenvalue weighted by Crippen LogP contribution is -2.16. The molecule has 74 valence electrons. The Morgan fingerprint density at radius 1 is 1.64 bits per heavy atom. The molecular weight excluding hydrogens is 178 g/mol. The lowest BCUT2D eigenvalue weighted by atomic mass is 9.96. The number of rotatable bonds is 4. The van der Waals surface area contributed by atoms with Crippen molar-refractivity contribution in [3.05, 3.63) is 29.6 Å². The van der Waals surface area contributed by atoms with Crippen LogP contribution in [-0.4, -0.2) is 25.0 Å². The van der Waals surface area contributed by atoms with Crippen molar-refractivity contribution in [2.24, 2.45) is 0 Å². The van der Waals surface area contributed by atoms with E-state index in [9.17, 15) is 4.79 Å². The molecule has 3 heteroatoms. The van der Waals surface area contributed by atoms with Gasteiger partial charge in [0, 0.05) is 18.7 Å². The van der Waals surface area contributed by atoms with Gasteiger partial charge in [-0.1, -0.05) is 6.07 Å². The molecule has 1 aromatic rings. The number of carbonyl (C=O) groups excluding carboxylic acids is 1. The number of nitrogens with zero attached hydrogens (tertiary/aromatic N) is 1. The van der Waals surface area contributed by atoms with Crippen LogP contribution in [0.15, 0.2) is 18.3 Å². The minimum absolute atomic E-state index is 0.0687. The third-order valence-corrected chi connectivity index (χ3v) is 2.80. The Bertz CT molecular complexity index is 345. The SMILES string of the molecule is COCC1(c2cccnc2C=O)CC1. The largest absolute Gasteiger partial charge is 0.384 e. The normalized spacial score (nSPS) is 17.8. The molecule has 1 heterocycles. The molecule has 0 atom stereocenters. The average molecular weight is 191 g/mol. The number of aldehydes is 1. The average Bonchev–Trinajstić information content (AvgIpc) is 2.99. The zero-order valence-corrected chi connectivity index (χ0v) is 8.19. The summed E-state index contributed by atoms with van der Waals surface area (Å²) in [7, 11) is 1.69. The third-order valence-electron chi connectivity index (χ3n) is 2.80. The Morgan fingerprint density at radius 3 is 3.00 bits per heavy atom. The van der Waals surface area contributed by atoms with E-state index in [4.69, 9.17) is 4.74 Å². The number of hydrogen-bond acceptors (Lipinski definition) is 3. The van der Waals surface area contributed by atoms with Crippen LogP contribution in [-0.2, 0) is 10.2 Å². The van der Waals surface area contributed by atoms with Crippen molar-refractivity contribution in [1.29, 1.82) is 0 Å². The van der Waals surface area contributed by atoms with Crippen LogP contribution in [0, 0.1) is 0 Å². The maximum atomic E-state index is 10.8. The zero-order valence-electron chi connectivity index (χ0n) is 8.19. The maximum absolute atomic E-state index is 10.8. The highest BCUT2D eigenvalue weighted by atomic mass is 16.5. The van der Waals surface area contributed by atoms with Gasteiger partial charge in [-0.05, 0) is 24.5 Å². The first-order valence-corrected chi connectivity index (χ1v) is 4.72. The van der Waals surface area contributed by atoms with Crippen LogP contribution in [0.1, 0.15) is 28.9 Å². The second kappa shape index (κ2) is 3.50. The van der Waals surface area contributed by atoms with Crippen molar-refractivity contribution >= 4 is 6.29 Å². The van der Waals surface area contributed by atoms with Crippen LogP contribution in [0.25, 0.3) is 0 Å². The molecule has 2 rings (SSSR count). The minimum Gasteiger partial charge on any atom is -0.384 e. The Morgan fingerprint density at radius 2 is 2.43 bits per heavy atom. The highest BCUT2D eigenvalue weighted by Crippen LogP contribution is 2.48. The van der Waals surface area contributed by atoms with Crippen molar-refractivity contribution in [2.75, 3.05) is 13.7 Å². The molecule has 0 aliphatic heterocycles. The lowest BCUT2D eigenvalue weighted by molar-refractivity contribution is 0.111. The molecule has 3 nitrogen and oxygen atoms in total. The van der Waals surface area contributed by atoms with Crippen LogP contribution in [0.2, 0.25) is 0 Å². The third kappa shape index (κ3) is 1.44. The lowest BCUT2D eigenvalue weighted by Gasteiger charge is -2.15. The first kappa shape index (κ1) is 9.34. The molecule has 0 radical (unpaired) electrons. The number of hydrogen-bond donors (Lipinski definition) is 0. The van der Waals surface area contributed by atoms with E-state index in [-0.39, 0.29) is 5.41 Å². The van der Waals surface area contributed by atoms with Gasteiger partial charge in [-0.2, -0.15) is 0 Å². The summed E-state index contributed by atoms with van der Waals surface area (Å²) in [6, 6.07) is 3.85. The van der Waals surface area contributed by atoms with Gasteiger partial charge in [0.2, 0.25) is 0 Å². The predicted octanol–water partition coefficient (Wildman–Crippen LogP) is 1.57. The summed E-state index contributed by atoms with van der Waals surface area (Å²) in [4.78, 5) is 14.9. The molecule has 0 unspecified atom stereocenters. The molecule has 1 saturated carbocycles. The number of carbonyl (C=O) groups is 1. The first-order chi connectivity index (χ1) is 6.82. The van der Waals surface area contributed by atoms with E-state index < -0.39 is 0 Å². The van der Waals surface area contributed by atoms with E-state index in [0.717, 1.165) is 24.7 Å². The zero-order chi connectivity index (χ0) is 10.0. The fourth-order valence-electron chi connectivity index (χ4n) is 1.88. The van der Waals surface area contributed by atoms with Gasteiger partial charge in [-0.3, -0.25) is 9.78 Å². The van der Waals surface area contributed by atoms with Crippen LogP contribution >= 0.6 is 0 Å². The summed E-state index contributed by atoms with van der Waals surface area (Å²) in [5.41, 5.74) is 1.66. The summed E-state index contributed by atoms with van der Waals surface area (Å²) in [5, 5.41) is 0. The fraction of sp³-hybridized carbons (Fsp3) is 0.455. The molecule has 1 aromatic heterocycles. The van der Waals surface area contributed by atoms with E-state index in [1.807, 2.05) is 12.1 Å². The topological polar surface area (TPSA) is 39.2 Å². The summed E-state index contributed by atoms with van der Waals surface area (Å²) in [5.74, 6) is 0. The molecule has 0 saturated heterocycles. The smallest absolute Gasteiger partial charge is 0.168 e. The van der Waals surface area contributed by atoms with Gasteiger partial charge < -0.3 is 4.74 Å². The highest BCUT2D eigenvalue weighted by Gasteiger charge is 2.45. The molecule has 0 N–H and O–H groups in total. The first-order valence-electron chi connectivity index (χ1n) is 4.72. The molecule has 1 aliphatic rings. The molecule has 0 bridgehead atoms. The highest BCUT2D eigenvalue weighted by molar-refractivity contribution is 5.75. The predicted molar refractivity (Wildman–Crippen MR) is 52.4 cm³/mol. The molecular formula is C11H13NO2. The molecule has 0 amide bonds. The Hall–Kier alpha value is -1.22. The van der Waals surface area contributed by atoms with Gasteiger partial charge >= 0.3 is 0 Å². The Kier molecular flexibility index (Phi) is 2.33. The van der Waals surface area contributed by atoms with Gasteiger partial charge in [0.25, 0.3) is 0 Å². The van der Waals surface area contributed by atoms with E-state index in [2.05, 4.69) is 4.98 Å². The summed E-state index contributed by atoms with van der Waals surface area (Å²) in [6.45, 7) is 0.680. The molecule has 0 aromatic carbocycles. The summed E-state index contributed by atoms with van der Waals surface area (Å²) in [6.07, 6.45) is 4.65. The molecule has 14 heavy (non-hydrogen) atoms. The van der Waals surface area contributed by atoms with Gasteiger partial charge in [-0.25, -0.2) is 0 Å². The van der Waals surface area contributed by atoms with E-state index >= 15 is 0 Å². The van der Waals surface area contributed by atoms with E-state index in [1.165, 1.54) is 0 Å². The molecule has 0 spiro atoms. The number of pyridine rings is 1. The summed E-state index contributed by atoms with van der Waals surface area (Å²) < 4.78 is 5.18. The van der Waals surface area contributed by atoms with Crippen molar-refractivity contribution in [1.82, 2.24) is 4.98 Å². The fourth-order valence-corrected chi connectivity index (χ4v) is 1.88. The monoisotopic (exact) mass is 191 g/mol. The van der Waals surface area contributed by atoms with Crippen molar-refractivity contribution < 1.29 is 9.53 Å². The molecule has 1 aliphatic carbocycles. The standard InChI is InChI=1S/C11H13NO2/c1-14-8-11(4-5-11)9-3-2-6-12-10(9)7-13/h2-3,6-7H,4-5,8H2,1H3. The van der Waals surface area contributed by atoms with Crippen LogP contribution in [0.3, 0.4) is 0 Å². The quantitative estimate of drug-likeness (QED) is 0.678. The number of methoxy groups -OCH3 is 1. The second-order valence-corrected chi connectivity index (χ2v) is 3.77. The van der Waals surface area contributed by atoms with Gasteiger partial charge in [0.1, 0.15) is 5.69 Å². The number of ether oxygens (including phenoxy) is 1. The van der Waals surface area contributed by atoms with Gasteiger partial charge in [0.05, 0.1) is 6.61 Å². The Labute approximate surface area is 83.1 Å². The van der Waals surface area contributed by atoms with Crippen LogP contribution < -0.4 is 0 Å². The van der Waals surface area contributed by atoms with E-state index in [1.54, 1.807) is 13.3 Å². The van der Waals surface area contributed by atoms with Crippen molar-refractivity contribution in [3.8, 4) is 0 Å². The molecule has 1 fully saturated rings. The van der Waals surface area contributed by atoms with E-state index in [0.29, 0.717) is 12.3 Å². The second-order valence-electron chi connectivity index (χ2n) is 3.77. The Balaban J connectivity index is 2.35. The van der Waals surface area contributed by atoms with Crippen LogP contribution in [0.4, 0.5) is 0 Å². The minimum atomic E-state index is 0.0687. The van der Waals surface area contributed by atoms with Crippen molar-refractivity contribution in [3.63, 3.8) is 0 Å². The number of aromatic nitrogens is 1. The maximum Gasteiger partial charge on any atom is 0.168 e. The van der Waals surface area contributed by atoms with Gasteiger partial charge in [0.15, 0.2) is 6.29 Å². The van der Waals surface area contributed by atoms with Gasteiger partial charge in [-0.15, -0.1) is 0 Å². The summed E-state index contributed by atoms with van der Waals surface area (Å²) >= 11 is 0.